The lowest BCUT2D eigenvalue weighted by atomic mass is 10.1. The van der Waals surface area contributed by atoms with Crippen LogP contribution in [0.4, 0.5) is 17.6 Å². The Kier molecular flexibility index (Phi) is 2.65. The van der Waals surface area contributed by atoms with Crippen molar-refractivity contribution in [1.82, 2.24) is 0 Å². The summed E-state index contributed by atoms with van der Waals surface area (Å²) in [4.78, 5) is 11.2. The highest BCUT2D eigenvalue weighted by molar-refractivity contribution is 5.78. The molecule has 3 rings (SSSR count). The van der Waals surface area contributed by atoms with E-state index in [4.69, 9.17) is 0 Å². The van der Waals surface area contributed by atoms with Crippen LogP contribution in [0.15, 0.2) is 30.3 Å². The van der Waals surface area contributed by atoms with E-state index in [1.54, 1.807) is 18.2 Å². The molecular formula is C14H12F4O2. The van der Waals surface area contributed by atoms with Gasteiger partial charge in [-0.05, 0) is 5.56 Å². The first-order valence-electron chi connectivity index (χ1n) is 6.22. The second-order valence-electron chi connectivity index (χ2n) is 5.29. The van der Waals surface area contributed by atoms with E-state index in [0.29, 0.717) is 5.56 Å². The number of hydrogen-bond acceptors (Lipinski definition) is 2. The fourth-order valence-electron chi connectivity index (χ4n) is 3.12. The molecule has 0 aliphatic heterocycles. The highest BCUT2D eigenvalue weighted by Gasteiger charge is 2.86. The molecule has 4 unspecified atom stereocenters. The molecule has 2 saturated carbocycles. The number of rotatable bonds is 3. The first kappa shape index (κ1) is 13.4. The molecule has 108 valence electrons. The minimum absolute atomic E-state index is 0.328. The van der Waals surface area contributed by atoms with E-state index in [1.165, 1.54) is 12.1 Å². The topological polar surface area (TPSA) is 26.3 Å². The van der Waals surface area contributed by atoms with Gasteiger partial charge in [0.05, 0.1) is 18.9 Å². The average molecular weight is 288 g/mol. The molecule has 0 bridgehead atoms. The number of esters is 1. The number of halogens is 4. The highest BCUT2D eigenvalue weighted by atomic mass is 19.3. The van der Waals surface area contributed by atoms with Crippen molar-refractivity contribution in [2.45, 2.75) is 17.8 Å². The fraction of sp³-hybridized carbons (Fsp3) is 0.500. The summed E-state index contributed by atoms with van der Waals surface area (Å²) >= 11 is 0. The van der Waals surface area contributed by atoms with Crippen molar-refractivity contribution < 1.29 is 27.1 Å². The van der Waals surface area contributed by atoms with E-state index < -0.39 is 41.5 Å². The van der Waals surface area contributed by atoms with Gasteiger partial charge < -0.3 is 4.74 Å². The molecule has 0 heterocycles. The first-order chi connectivity index (χ1) is 9.33. The van der Waals surface area contributed by atoms with Crippen molar-refractivity contribution in [2.75, 3.05) is 7.11 Å². The summed E-state index contributed by atoms with van der Waals surface area (Å²) in [5.41, 5.74) is 0.328. The lowest BCUT2D eigenvalue weighted by Crippen LogP contribution is -2.08. The summed E-state index contributed by atoms with van der Waals surface area (Å²) in [5.74, 6) is -13.8. The lowest BCUT2D eigenvalue weighted by Gasteiger charge is -1.96. The van der Waals surface area contributed by atoms with Gasteiger partial charge in [-0.2, -0.15) is 0 Å². The molecule has 0 radical (unpaired) electrons. The van der Waals surface area contributed by atoms with Gasteiger partial charge in [0.15, 0.2) is 0 Å². The van der Waals surface area contributed by atoms with Crippen LogP contribution in [-0.2, 0) is 9.53 Å². The minimum Gasteiger partial charge on any atom is -0.469 e. The fourth-order valence-corrected chi connectivity index (χ4v) is 3.12. The van der Waals surface area contributed by atoms with Crippen molar-refractivity contribution >= 4 is 5.97 Å². The number of benzene rings is 1. The van der Waals surface area contributed by atoms with Crippen molar-refractivity contribution in [3.05, 3.63) is 35.9 Å². The molecule has 2 fully saturated rings. The summed E-state index contributed by atoms with van der Waals surface area (Å²) in [7, 11) is 0.980. The summed E-state index contributed by atoms with van der Waals surface area (Å²) in [5, 5.41) is 0. The Morgan fingerprint density at radius 2 is 1.65 bits per heavy atom. The molecule has 20 heavy (non-hydrogen) atoms. The molecule has 0 saturated heterocycles. The molecule has 0 amide bonds. The standard InChI is InChI=1S/C14H12F4O2/c1-20-12(19)11-10(14(11,17)18)9-8(13(9,15)16)7-5-3-2-4-6-7/h2-6,8-11H,1H3. The normalized spacial score (nSPS) is 36.2. The van der Waals surface area contributed by atoms with E-state index in [-0.39, 0.29) is 0 Å². The molecule has 4 atom stereocenters. The van der Waals surface area contributed by atoms with E-state index in [0.717, 1.165) is 7.11 Å². The van der Waals surface area contributed by atoms with Gasteiger partial charge in [-0.25, -0.2) is 17.6 Å². The number of alkyl halides is 4. The van der Waals surface area contributed by atoms with E-state index in [9.17, 15) is 22.4 Å². The molecule has 6 heteroatoms. The van der Waals surface area contributed by atoms with Crippen LogP contribution in [0.3, 0.4) is 0 Å². The maximum Gasteiger partial charge on any atom is 0.315 e. The Morgan fingerprint density at radius 1 is 1.05 bits per heavy atom. The number of ether oxygens (including phenoxy) is 1. The van der Waals surface area contributed by atoms with Gasteiger partial charge in [0.25, 0.3) is 11.8 Å². The minimum atomic E-state index is -3.40. The molecule has 1 aromatic carbocycles. The predicted molar refractivity (Wildman–Crippen MR) is 61.6 cm³/mol. The Morgan fingerprint density at radius 3 is 2.20 bits per heavy atom. The van der Waals surface area contributed by atoms with Crippen molar-refractivity contribution in [1.29, 1.82) is 0 Å². The molecule has 2 aliphatic carbocycles. The number of methoxy groups -OCH3 is 1. The second kappa shape index (κ2) is 3.96. The van der Waals surface area contributed by atoms with Gasteiger partial charge in [0.1, 0.15) is 5.92 Å². The van der Waals surface area contributed by atoms with E-state index in [1.807, 2.05) is 0 Å². The van der Waals surface area contributed by atoms with Gasteiger partial charge in [0, 0.05) is 5.92 Å². The van der Waals surface area contributed by atoms with E-state index in [2.05, 4.69) is 4.74 Å². The SMILES string of the molecule is COC(=O)C1C(C2C(c3ccccc3)C2(F)F)C1(F)F. The van der Waals surface area contributed by atoms with Gasteiger partial charge in [-0.15, -0.1) is 0 Å². The van der Waals surface area contributed by atoms with Crippen LogP contribution in [0.5, 0.6) is 0 Å². The summed E-state index contributed by atoms with van der Waals surface area (Å²) in [6, 6.07) is 7.83. The van der Waals surface area contributed by atoms with Crippen molar-refractivity contribution in [3.63, 3.8) is 0 Å². The molecule has 2 nitrogen and oxygen atoms in total. The van der Waals surface area contributed by atoms with Gasteiger partial charge in [-0.3, -0.25) is 4.79 Å². The second-order valence-corrected chi connectivity index (χ2v) is 5.29. The lowest BCUT2D eigenvalue weighted by molar-refractivity contribution is -0.144. The van der Waals surface area contributed by atoms with Crippen LogP contribution in [0.1, 0.15) is 11.5 Å². The number of hydrogen-bond donors (Lipinski definition) is 0. The van der Waals surface area contributed by atoms with Gasteiger partial charge in [0.2, 0.25) is 0 Å². The van der Waals surface area contributed by atoms with Crippen LogP contribution >= 0.6 is 0 Å². The Hall–Kier alpha value is -1.59. The largest absolute Gasteiger partial charge is 0.469 e. The predicted octanol–water partition coefficient (Wildman–Crippen LogP) is 3.09. The summed E-state index contributed by atoms with van der Waals surface area (Å²) < 4.78 is 59.1. The zero-order valence-electron chi connectivity index (χ0n) is 10.5. The van der Waals surface area contributed by atoms with Crippen LogP contribution in [-0.4, -0.2) is 24.9 Å². The van der Waals surface area contributed by atoms with Crippen LogP contribution < -0.4 is 0 Å². The monoisotopic (exact) mass is 288 g/mol. The Bertz CT molecular complexity index is 543. The quantitative estimate of drug-likeness (QED) is 0.631. The molecular weight excluding hydrogens is 276 g/mol. The third-order valence-corrected chi connectivity index (χ3v) is 4.22. The molecule has 0 spiro atoms. The van der Waals surface area contributed by atoms with Crippen molar-refractivity contribution in [3.8, 4) is 0 Å². The van der Waals surface area contributed by atoms with E-state index >= 15 is 0 Å². The van der Waals surface area contributed by atoms with Gasteiger partial charge >= 0.3 is 5.97 Å². The number of carbonyl (C=O) groups is 1. The third-order valence-electron chi connectivity index (χ3n) is 4.22. The first-order valence-corrected chi connectivity index (χ1v) is 6.22. The zero-order chi connectivity index (χ0) is 14.7. The highest BCUT2D eigenvalue weighted by Crippen LogP contribution is 2.75. The number of carbonyl (C=O) groups excluding carboxylic acids is 1. The van der Waals surface area contributed by atoms with Crippen LogP contribution in [0.25, 0.3) is 0 Å². The summed E-state index contributed by atoms with van der Waals surface area (Å²) in [6.07, 6.45) is 0. The zero-order valence-corrected chi connectivity index (χ0v) is 10.5. The van der Waals surface area contributed by atoms with Crippen molar-refractivity contribution in [2.24, 2.45) is 17.8 Å². The smallest absolute Gasteiger partial charge is 0.315 e. The summed E-state index contributed by atoms with van der Waals surface area (Å²) in [6.45, 7) is 0. The molecule has 0 aromatic heterocycles. The van der Waals surface area contributed by atoms with Crippen LogP contribution in [0.2, 0.25) is 0 Å². The Balaban J connectivity index is 1.85. The third kappa shape index (κ3) is 1.66. The van der Waals surface area contributed by atoms with Crippen LogP contribution in [0, 0.1) is 17.8 Å². The van der Waals surface area contributed by atoms with Gasteiger partial charge in [-0.1, -0.05) is 30.3 Å². The molecule has 2 aliphatic rings. The molecule has 1 aromatic rings. The maximum atomic E-state index is 13.8. The molecule has 0 N–H and O–H groups in total. The maximum absolute atomic E-state index is 13.8. The average Bonchev–Trinajstić information content (AvgIpc) is 3.18. The Labute approximate surface area is 112 Å².